The molecule has 21 heavy (non-hydrogen) atoms. The van der Waals surface area contributed by atoms with Crippen molar-refractivity contribution in [1.29, 1.82) is 0 Å². The second-order valence-electron chi connectivity index (χ2n) is 4.19. The lowest BCUT2D eigenvalue weighted by atomic mass is 10.3. The Kier molecular flexibility index (Phi) is 5.37. The minimum absolute atomic E-state index is 0.188. The van der Waals surface area contributed by atoms with Gasteiger partial charge in [0.05, 0.1) is 3.79 Å². The number of likely N-dealkylation sites (N-methyl/N-ethyl adjacent to an activating group) is 1. The molecule has 2 rings (SSSR count). The third-order valence-corrected chi connectivity index (χ3v) is 6.65. The van der Waals surface area contributed by atoms with E-state index in [1.165, 1.54) is 35.6 Å². The zero-order valence-corrected chi connectivity index (χ0v) is 14.3. The number of nitrogens with zero attached hydrogens (tertiary/aromatic N) is 1. The fourth-order valence-corrected chi connectivity index (χ4v) is 4.91. The molecule has 0 N–H and O–H groups in total. The van der Waals surface area contributed by atoms with Gasteiger partial charge in [0.25, 0.3) is 10.0 Å². The molecule has 0 atom stereocenters. The lowest BCUT2D eigenvalue weighted by molar-refractivity contribution is 0.286. The molecule has 0 unspecified atom stereocenters. The molecule has 0 amide bonds. The SMILES string of the molecule is CN(CCOc1ccc(F)cc1)S(=O)(=O)c1ccc(Br)s1. The second kappa shape index (κ2) is 6.87. The number of hydrogen-bond acceptors (Lipinski definition) is 4. The highest BCUT2D eigenvalue weighted by Gasteiger charge is 2.22. The quantitative estimate of drug-likeness (QED) is 0.755. The van der Waals surface area contributed by atoms with Crippen LogP contribution >= 0.6 is 27.3 Å². The number of halogens is 2. The van der Waals surface area contributed by atoms with Crippen LogP contribution in [0.5, 0.6) is 5.75 Å². The van der Waals surface area contributed by atoms with Crippen LogP contribution in [0.3, 0.4) is 0 Å². The Hall–Kier alpha value is -0.960. The summed E-state index contributed by atoms with van der Waals surface area (Å²) in [5.41, 5.74) is 0. The predicted octanol–water partition coefficient (Wildman–Crippen LogP) is 3.35. The molecule has 8 heteroatoms. The van der Waals surface area contributed by atoms with Crippen LogP contribution in [0.25, 0.3) is 0 Å². The van der Waals surface area contributed by atoms with Gasteiger partial charge in [-0.3, -0.25) is 0 Å². The van der Waals surface area contributed by atoms with Gasteiger partial charge in [-0.2, -0.15) is 4.31 Å². The molecule has 0 spiro atoms. The van der Waals surface area contributed by atoms with E-state index in [2.05, 4.69) is 15.9 Å². The number of ether oxygens (including phenoxy) is 1. The summed E-state index contributed by atoms with van der Waals surface area (Å²) in [6, 6.07) is 8.83. The van der Waals surface area contributed by atoms with Gasteiger partial charge in [-0.05, 0) is 52.3 Å². The highest BCUT2D eigenvalue weighted by molar-refractivity contribution is 9.11. The topological polar surface area (TPSA) is 46.6 Å². The third kappa shape index (κ3) is 4.26. The van der Waals surface area contributed by atoms with E-state index in [9.17, 15) is 12.8 Å². The molecule has 0 bridgehead atoms. The molecule has 0 aliphatic heterocycles. The van der Waals surface area contributed by atoms with Crippen molar-refractivity contribution in [2.45, 2.75) is 4.21 Å². The first-order valence-corrected chi connectivity index (χ1v) is 9.04. The van der Waals surface area contributed by atoms with Crippen LogP contribution in [0.1, 0.15) is 0 Å². The van der Waals surface area contributed by atoms with Crippen molar-refractivity contribution in [3.8, 4) is 5.75 Å². The Labute approximate surface area is 135 Å². The lowest BCUT2D eigenvalue weighted by Gasteiger charge is -2.16. The third-order valence-electron chi connectivity index (χ3n) is 2.70. The minimum atomic E-state index is -3.50. The highest BCUT2D eigenvalue weighted by Crippen LogP contribution is 2.27. The monoisotopic (exact) mass is 393 g/mol. The van der Waals surface area contributed by atoms with Crippen LogP contribution in [-0.2, 0) is 10.0 Å². The summed E-state index contributed by atoms with van der Waals surface area (Å²) in [5, 5.41) is 0. The maximum absolute atomic E-state index is 12.7. The van der Waals surface area contributed by atoms with Gasteiger partial charge in [-0.1, -0.05) is 0 Å². The average Bonchev–Trinajstić information content (AvgIpc) is 2.88. The molecule has 1 aromatic carbocycles. The van der Waals surface area contributed by atoms with Gasteiger partial charge in [0, 0.05) is 13.6 Å². The molecule has 0 fully saturated rings. The molecular formula is C13H13BrFNO3S2. The van der Waals surface area contributed by atoms with Crippen molar-refractivity contribution in [1.82, 2.24) is 4.31 Å². The maximum atomic E-state index is 12.7. The highest BCUT2D eigenvalue weighted by atomic mass is 79.9. The van der Waals surface area contributed by atoms with E-state index in [0.717, 1.165) is 15.1 Å². The number of thiophene rings is 1. The van der Waals surface area contributed by atoms with E-state index in [4.69, 9.17) is 4.74 Å². The van der Waals surface area contributed by atoms with Gasteiger partial charge >= 0.3 is 0 Å². The fraction of sp³-hybridized carbons (Fsp3) is 0.231. The Bertz CT molecular complexity index is 700. The number of sulfonamides is 1. The standard InChI is InChI=1S/C13H13BrFNO3S2/c1-16(21(17,18)13-7-6-12(14)20-13)8-9-19-11-4-2-10(15)3-5-11/h2-7H,8-9H2,1H3. The summed E-state index contributed by atoms with van der Waals surface area (Å²) in [5.74, 6) is 0.159. The first kappa shape index (κ1) is 16.4. The van der Waals surface area contributed by atoms with E-state index < -0.39 is 10.0 Å². The molecule has 2 aromatic rings. The zero-order valence-electron chi connectivity index (χ0n) is 11.1. The first-order chi connectivity index (χ1) is 9.89. The molecule has 0 saturated carbocycles. The van der Waals surface area contributed by atoms with Crippen LogP contribution in [0.4, 0.5) is 4.39 Å². The van der Waals surface area contributed by atoms with Gasteiger partial charge in [0.15, 0.2) is 0 Å². The summed E-state index contributed by atoms with van der Waals surface area (Å²) in [7, 11) is -2.00. The Morgan fingerprint density at radius 1 is 1.24 bits per heavy atom. The van der Waals surface area contributed by atoms with Crippen LogP contribution in [0.15, 0.2) is 44.4 Å². The summed E-state index contributed by atoms with van der Waals surface area (Å²) >= 11 is 4.40. The van der Waals surface area contributed by atoms with Crippen molar-refractivity contribution >= 4 is 37.3 Å². The summed E-state index contributed by atoms with van der Waals surface area (Å²) in [4.78, 5) is 0. The summed E-state index contributed by atoms with van der Waals surface area (Å²) in [6.45, 7) is 0.392. The fourth-order valence-electron chi connectivity index (χ4n) is 1.53. The van der Waals surface area contributed by atoms with Gasteiger partial charge in [-0.15, -0.1) is 11.3 Å². The van der Waals surface area contributed by atoms with Crippen LogP contribution in [-0.4, -0.2) is 32.9 Å². The predicted molar refractivity (Wildman–Crippen MR) is 83.7 cm³/mol. The molecular weight excluding hydrogens is 381 g/mol. The molecule has 1 aromatic heterocycles. The van der Waals surface area contributed by atoms with Gasteiger partial charge in [0.2, 0.25) is 0 Å². The van der Waals surface area contributed by atoms with E-state index in [1.807, 2.05) is 0 Å². The van der Waals surface area contributed by atoms with Crippen LogP contribution in [0, 0.1) is 5.82 Å². The average molecular weight is 394 g/mol. The summed E-state index contributed by atoms with van der Waals surface area (Å²) in [6.07, 6.45) is 0. The number of rotatable bonds is 6. The van der Waals surface area contributed by atoms with Crippen molar-refractivity contribution in [3.05, 3.63) is 46.0 Å². The lowest BCUT2D eigenvalue weighted by Crippen LogP contribution is -2.30. The smallest absolute Gasteiger partial charge is 0.252 e. The Balaban J connectivity index is 1.92. The zero-order chi connectivity index (χ0) is 15.5. The van der Waals surface area contributed by atoms with Gasteiger partial charge < -0.3 is 4.74 Å². The molecule has 4 nitrogen and oxygen atoms in total. The Morgan fingerprint density at radius 3 is 2.48 bits per heavy atom. The van der Waals surface area contributed by atoms with E-state index >= 15 is 0 Å². The van der Waals surface area contributed by atoms with Gasteiger partial charge in [0.1, 0.15) is 22.4 Å². The minimum Gasteiger partial charge on any atom is -0.492 e. The molecule has 0 aliphatic carbocycles. The normalized spacial score (nSPS) is 11.8. The van der Waals surface area contributed by atoms with Crippen LogP contribution < -0.4 is 4.74 Å². The molecule has 1 heterocycles. The molecule has 0 aliphatic rings. The molecule has 0 saturated heterocycles. The van der Waals surface area contributed by atoms with E-state index in [-0.39, 0.29) is 23.2 Å². The number of hydrogen-bond donors (Lipinski definition) is 0. The summed E-state index contributed by atoms with van der Waals surface area (Å²) < 4.78 is 44.9. The van der Waals surface area contributed by atoms with Crippen molar-refractivity contribution in [2.75, 3.05) is 20.2 Å². The van der Waals surface area contributed by atoms with Crippen molar-refractivity contribution in [2.24, 2.45) is 0 Å². The largest absolute Gasteiger partial charge is 0.492 e. The molecule has 114 valence electrons. The molecule has 0 radical (unpaired) electrons. The second-order valence-corrected chi connectivity index (χ2v) is 8.92. The van der Waals surface area contributed by atoms with E-state index in [1.54, 1.807) is 12.1 Å². The van der Waals surface area contributed by atoms with Crippen LogP contribution in [0.2, 0.25) is 0 Å². The van der Waals surface area contributed by atoms with Gasteiger partial charge in [-0.25, -0.2) is 12.8 Å². The van der Waals surface area contributed by atoms with Crippen molar-refractivity contribution < 1.29 is 17.5 Å². The number of benzene rings is 1. The maximum Gasteiger partial charge on any atom is 0.252 e. The van der Waals surface area contributed by atoms with E-state index in [0.29, 0.717) is 5.75 Å². The Morgan fingerprint density at radius 2 is 1.90 bits per heavy atom. The first-order valence-electron chi connectivity index (χ1n) is 5.99. The van der Waals surface area contributed by atoms with Crippen molar-refractivity contribution in [3.63, 3.8) is 0 Å².